The molecule has 3 N–H and O–H groups in total. The topological polar surface area (TPSA) is 90.7 Å². The monoisotopic (exact) mass is 288 g/mol. The van der Waals surface area contributed by atoms with Crippen molar-refractivity contribution >= 4 is 15.7 Å². The Morgan fingerprint density at radius 1 is 1.26 bits per heavy atom. The van der Waals surface area contributed by atoms with Gasteiger partial charge in [0.05, 0.1) is 7.11 Å². The van der Waals surface area contributed by atoms with Crippen molar-refractivity contribution in [2.45, 2.75) is 17.7 Å². The van der Waals surface area contributed by atoms with Crippen LogP contribution in [0.4, 0.5) is 5.69 Å². The Balaban J connectivity index is 2.74. The van der Waals surface area contributed by atoms with Crippen molar-refractivity contribution < 1.29 is 17.9 Å². The number of methoxy groups -OCH3 is 2. The van der Waals surface area contributed by atoms with E-state index in [1.165, 1.54) is 19.2 Å². The third kappa shape index (κ3) is 4.70. The molecule has 0 fully saturated rings. The first-order valence-electron chi connectivity index (χ1n) is 5.93. The van der Waals surface area contributed by atoms with Crippen LogP contribution in [-0.4, -0.2) is 35.8 Å². The smallest absolute Gasteiger partial charge is 0.244 e. The number of sulfonamides is 1. The zero-order valence-electron chi connectivity index (χ0n) is 11.2. The van der Waals surface area contributed by atoms with Gasteiger partial charge in [-0.05, 0) is 31.0 Å². The summed E-state index contributed by atoms with van der Waals surface area (Å²) in [6.07, 6.45) is 1.50. The molecule has 1 aromatic carbocycles. The normalized spacial score (nSPS) is 11.5. The van der Waals surface area contributed by atoms with Crippen LogP contribution in [0.15, 0.2) is 23.1 Å². The summed E-state index contributed by atoms with van der Waals surface area (Å²) in [5.41, 5.74) is 5.98. The minimum Gasteiger partial charge on any atom is -0.495 e. The molecular weight excluding hydrogens is 268 g/mol. The van der Waals surface area contributed by atoms with Crippen LogP contribution in [0.5, 0.6) is 5.75 Å². The highest BCUT2D eigenvalue weighted by molar-refractivity contribution is 7.89. The minimum absolute atomic E-state index is 0.0572. The van der Waals surface area contributed by atoms with Crippen LogP contribution in [0, 0.1) is 0 Å². The molecule has 19 heavy (non-hydrogen) atoms. The summed E-state index contributed by atoms with van der Waals surface area (Å²) in [5, 5.41) is 0. The van der Waals surface area contributed by atoms with Crippen molar-refractivity contribution in [2.24, 2.45) is 0 Å². The molecule has 108 valence electrons. The van der Waals surface area contributed by atoms with E-state index in [0.717, 1.165) is 6.42 Å². The van der Waals surface area contributed by atoms with Gasteiger partial charge in [0.25, 0.3) is 0 Å². The molecule has 0 aromatic heterocycles. The van der Waals surface area contributed by atoms with E-state index in [0.29, 0.717) is 25.3 Å². The molecule has 0 unspecified atom stereocenters. The summed E-state index contributed by atoms with van der Waals surface area (Å²) in [6, 6.07) is 4.52. The molecule has 7 heteroatoms. The summed E-state index contributed by atoms with van der Waals surface area (Å²) in [6.45, 7) is 0.965. The van der Waals surface area contributed by atoms with Crippen LogP contribution >= 0.6 is 0 Å². The van der Waals surface area contributed by atoms with E-state index in [2.05, 4.69) is 4.72 Å². The van der Waals surface area contributed by atoms with Crippen LogP contribution in [0.3, 0.4) is 0 Å². The number of hydrogen-bond acceptors (Lipinski definition) is 5. The highest BCUT2D eigenvalue weighted by Crippen LogP contribution is 2.25. The predicted molar refractivity (Wildman–Crippen MR) is 73.7 cm³/mol. The van der Waals surface area contributed by atoms with Gasteiger partial charge in [0.15, 0.2) is 0 Å². The van der Waals surface area contributed by atoms with Gasteiger partial charge in [-0.15, -0.1) is 0 Å². The molecule has 1 aromatic rings. The fourth-order valence-corrected chi connectivity index (χ4v) is 2.84. The van der Waals surface area contributed by atoms with Gasteiger partial charge in [0, 0.05) is 25.9 Å². The van der Waals surface area contributed by atoms with E-state index in [1.807, 2.05) is 0 Å². The lowest BCUT2D eigenvalue weighted by atomic mass is 10.3. The number of nitrogen functional groups attached to an aromatic ring is 1. The SMILES string of the molecule is COCCCCNS(=O)(=O)c1cc(N)ccc1OC. The van der Waals surface area contributed by atoms with Gasteiger partial charge in [0.2, 0.25) is 10.0 Å². The maximum absolute atomic E-state index is 12.1. The summed E-state index contributed by atoms with van der Waals surface area (Å²) in [4.78, 5) is 0.0572. The van der Waals surface area contributed by atoms with Crippen LogP contribution in [0.1, 0.15) is 12.8 Å². The van der Waals surface area contributed by atoms with E-state index in [-0.39, 0.29) is 10.6 Å². The van der Waals surface area contributed by atoms with Crippen molar-refractivity contribution in [1.29, 1.82) is 0 Å². The second-order valence-electron chi connectivity index (χ2n) is 4.01. The zero-order valence-corrected chi connectivity index (χ0v) is 12.0. The van der Waals surface area contributed by atoms with E-state index < -0.39 is 10.0 Å². The Kier molecular flexibility index (Phi) is 6.07. The third-order valence-electron chi connectivity index (χ3n) is 2.54. The van der Waals surface area contributed by atoms with Gasteiger partial charge in [-0.1, -0.05) is 0 Å². The van der Waals surface area contributed by atoms with Crippen LogP contribution in [0.2, 0.25) is 0 Å². The summed E-state index contributed by atoms with van der Waals surface area (Å²) in [7, 11) is -0.576. The van der Waals surface area contributed by atoms with Gasteiger partial charge >= 0.3 is 0 Å². The first-order chi connectivity index (χ1) is 9.01. The summed E-state index contributed by atoms with van der Waals surface area (Å²) in [5.74, 6) is 0.276. The van der Waals surface area contributed by atoms with Crippen LogP contribution < -0.4 is 15.2 Å². The molecule has 0 bridgehead atoms. The van der Waals surface area contributed by atoms with Gasteiger partial charge in [-0.3, -0.25) is 0 Å². The number of nitrogens with one attached hydrogen (secondary N) is 1. The maximum Gasteiger partial charge on any atom is 0.244 e. The van der Waals surface area contributed by atoms with Gasteiger partial charge in [-0.2, -0.15) is 0 Å². The largest absolute Gasteiger partial charge is 0.495 e. The quantitative estimate of drug-likeness (QED) is 0.550. The van der Waals surface area contributed by atoms with E-state index in [4.69, 9.17) is 15.2 Å². The lowest BCUT2D eigenvalue weighted by Gasteiger charge is -2.11. The molecule has 0 spiro atoms. The summed E-state index contributed by atoms with van der Waals surface area (Å²) < 4.78 is 36.7. The highest BCUT2D eigenvalue weighted by atomic mass is 32.2. The number of rotatable bonds is 8. The third-order valence-corrected chi connectivity index (χ3v) is 4.03. The lowest BCUT2D eigenvalue weighted by molar-refractivity contribution is 0.193. The van der Waals surface area contributed by atoms with E-state index in [1.54, 1.807) is 13.2 Å². The Labute approximate surface area is 113 Å². The fraction of sp³-hybridized carbons (Fsp3) is 0.500. The molecule has 0 aliphatic rings. The van der Waals surface area contributed by atoms with Crippen LogP contribution in [-0.2, 0) is 14.8 Å². The highest BCUT2D eigenvalue weighted by Gasteiger charge is 2.19. The molecule has 0 atom stereocenters. The fourth-order valence-electron chi connectivity index (χ4n) is 1.56. The second kappa shape index (κ2) is 7.32. The Morgan fingerprint density at radius 3 is 2.63 bits per heavy atom. The standard InChI is InChI=1S/C12H20N2O4S/c1-17-8-4-3-7-14-19(15,16)12-9-10(13)5-6-11(12)18-2/h5-6,9,14H,3-4,7-8,13H2,1-2H3. The number of ether oxygens (including phenoxy) is 2. The molecule has 0 saturated carbocycles. The molecular formula is C12H20N2O4S. The minimum atomic E-state index is -3.61. The van der Waals surface area contributed by atoms with Crippen molar-refractivity contribution in [1.82, 2.24) is 4.72 Å². The second-order valence-corrected chi connectivity index (χ2v) is 5.74. The number of anilines is 1. The predicted octanol–water partition coefficient (Wildman–Crippen LogP) is 0.982. The Bertz CT molecular complexity index is 502. The molecule has 0 heterocycles. The van der Waals surface area contributed by atoms with Gasteiger partial charge in [-0.25, -0.2) is 13.1 Å². The van der Waals surface area contributed by atoms with E-state index >= 15 is 0 Å². The Morgan fingerprint density at radius 2 is 2.00 bits per heavy atom. The van der Waals surface area contributed by atoms with Crippen molar-refractivity contribution in [3.05, 3.63) is 18.2 Å². The lowest BCUT2D eigenvalue weighted by Crippen LogP contribution is -2.25. The average molecular weight is 288 g/mol. The van der Waals surface area contributed by atoms with Gasteiger partial charge in [0.1, 0.15) is 10.6 Å². The molecule has 6 nitrogen and oxygen atoms in total. The molecule has 0 saturated heterocycles. The molecule has 0 aliphatic carbocycles. The summed E-state index contributed by atoms with van der Waals surface area (Å²) >= 11 is 0. The average Bonchev–Trinajstić information content (AvgIpc) is 2.38. The first kappa shape index (κ1) is 15.7. The van der Waals surface area contributed by atoms with Crippen molar-refractivity contribution in [2.75, 3.05) is 33.1 Å². The maximum atomic E-state index is 12.1. The Hall–Kier alpha value is -1.31. The van der Waals surface area contributed by atoms with Gasteiger partial charge < -0.3 is 15.2 Å². The number of nitrogens with two attached hydrogens (primary N) is 1. The molecule has 0 radical (unpaired) electrons. The zero-order chi connectivity index (χ0) is 14.3. The molecule has 0 aliphatic heterocycles. The number of hydrogen-bond donors (Lipinski definition) is 2. The number of unbranched alkanes of at least 4 members (excludes halogenated alkanes) is 1. The molecule has 1 rings (SSSR count). The number of benzene rings is 1. The van der Waals surface area contributed by atoms with E-state index in [9.17, 15) is 8.42 Å². The molecule has 0 amide bonds. The van der Waals surface area contributed by atoms with Crippen LogP contribution in [0.25, 0.3) is 0 Å². The van der Waals surface area contributed by atoms with Crippen molar-refractivity contribution in [3.8, 4) is 5.75 Å². The first-order valence-corrected chi connectivity index (χ1v) is 7.41. The van der Waals surface area contributed by atoms with Crippen molar-refractivity contribution in [3.63, 3.8) is 0 Å².